The summed E-state index contributed by atoms with van der Waals surface area (Å²) in [6.45, 7) is 0. The zero-order chi connectivity index (χ0) is 41.5. The lowest BCUT2D eigenvalue weighted by atomic mass is 9.69. The van der Waals surface area contributed by atoms with Crippen molar-refractivity contribution in [2.24, 2.45) is 20.5 Å². The Hall–Kier alpha value is -9.00. The molecule has 0 heterocycles. The minimum atomic E-state index is -0.949. The summed E-state index contributed by atoms with van der Waals surface area (Å²) >= 11 is 0. The van der Waals surface area contributed by atoms with Gasteiger partial charge in [-0.25, -0.2) is 0 Å². The Labute approximate surface area is 348 Å². The number of hydrogen-bond donors (Lipinski definition) is 0. The second-order valence-corrected chi connectivity index (χ2v) is 14.6. The second-order valence-electron chi connectivity index (χ2n) is 14.6. The third-order valence-corrected chi connectivity index (χ3v) is 11.7. The monoisotopic (exact) mass is 784 g/mol. The highest BCUT2D eigenvalue weighted by Crippen LogP contribution is 2.64. The summed E-state index contributed by atoms with van der Waals surface area (Å²) in [6, 6.07) is 55.8. The van der Waals surface area contributed by atoms with Gasteiger partial charge in [0.15, 0.2) is 0 Å². The zero-order valence-corrected chi connectivity index (χ0v) is 32.0. The summed E-state index contributed by atoms with van der Waals surface area (Å²) in [7, 11) is 0. The lowest BCUT2D eigenvalue weighted by molar-refractivity contribution is 0.795. The fourth-order valence-corrected chi connectivity index (χ4v) is 9.31. The van der Waals surface area contributed by atoms with Crippen molar-refractivity contribution in [3.8, 4) is 66.8 Å². The summed E-state index contributed by atoms with van der Waals surface area (Å²) in [6.07, 6.45) is 0. The van der Waals surface area contributed by atoms with Gasteiger partial charge in [0.25, 0.3) is 0 Å². The van der Waals surface area contributed by atoms with Crippen LogP contribution in [-0.2, 0) is 5.41 Å². The van der Waals surface area contributed by atoms with Gasteiger partial charge in [-0.1, -0.05) is 166 Å². The molecule has 8 aromatic rings. The molecule has 10 rings (SSSR count). The van der Waals surface area contributed by atoms with E-state index in [0.717, 1.165) is 89.0 Å². The van der Waals surface area contributed by atoms with Gasteiger partial charge in [-0.05, 0) is 135 Å². The molecule has 0 bridgehead atoms. The van der Waals surface area contributed by atoms with Gasteiger partial charge < -0.3 is 0 Å². The van der Waals surface area contributed by atoms with Crippen LogP contribution in [0.1, 0.15) is 22.3 Å². The van der Waals surface area contributed by atoms with Crippen molar-refractivity contribution >= 4 is 22.7 Å². The first kappa shape index (κ1) is 36.3. The Kier molecular flexibility index (Phi) is 8.78. The van der Waals surface area contributed by atoms with Crippen molar-refractivity contribution in [2.45, 2.75) is 5.41 Å². The van der Waals surface area contributed by atoms with Crippen LogP contribution < -0.4 is 0 Å². The highest BCUT2D eigenvalue weighted by Gasteiger charge is 2.52. The predicted octanol–water partition coefficient (Wildman–Crippen LogP) is 16.5. The van der Waals surface area contributed by atoms with Crippen LogP contribution in [0.3, 0.4) is 0 Å². The Bertz CT molecular complexity index is 2910. The number of benzene rings is 8. The van der Waals surface area contributed by atoms with Gasteiger partial charge in [0.05, 0.1) is 5.41 Å². The van der Waals surface area contributed by atoms with E-state index in [9.17, 15) is 22.1 Å². The van der Waals surface area contributed by atoms with Crippen LogP contribution in [0.15, 0.2) is 190 Å². The quantitative estimate of drug-likeness (QED) is 0.0804. The molecule has 0 unspecified atom stereocenters. The van der Waals surface area contributed by atoms with E-state index in [0.29, 0.717) is 22.7 Å². The van der Waals surface area contributed by atoms with Crippen LogP contribution in [0.4, 0.5) is 22.7 Å². The van der Waals surface area contributed by atoms with Crippen molar-refractivity contribution in [3.05, 3.63) is 234 Å². The van der Waals surface area contributed by atoms with Gasteiger partial charge in [0.2, 0.25) is 0 Å². The average molecular weight is 785 g/mol. The minimum Gasteiger partial charge on any atom is -0.0618 e. The largest absolute Gasteiger partial charge is 0.0726 e. The molecule has 2 aliphatic rings. The van der Waals surface area contributed by atoms with E-state index in [1.54, 1.807) is 24.3 Å². The first-order valence-electron chi connectivity index (χ1n) is 19.3. The van der Waals surface area contributed by atoms with E-state index in [1.807, 2.05) is 72.8 Å². The van der Waals surface area contributed by atoms with Crippen molar-refractivity contribution in [1.82, 2.24) is 0 Å². The highest BCUT2D eigenvalue weighted by molar-refractivity contribution is 5.99. The molecular formula is C49H28N12. The van der Waals surface area contributed by atoms with E-state index in [2.05, 4.69) is 113 Å². The molecule has 0 aromatic heterocycles. The normalized spacial score (nSPS) is 13.6. The summed E-state index contributed by atoms with van der Waals surface area (Å²) < 4.78 is 0. The third kappa shape index (κ3) is 5.67. The van der Waals surface area contributed by atoms with Gasteiger partial charge in [-0.2, -0.15) is 0 Å². The Morgan fingerprint density at radius 2 is 0.508 bits per heavy atom. The first-order chi connectivity index (χ1) is 30.1. The van der Waals surface area contributed by atoms with E-state index in [1.165, 1.54) is 0 Å². The van der Waals surface area contributed by atoms with E-state index >= 15 is 0 Å². The van der Waals surface area contributed by atoms with Crippen LogP contribution in [0.25, 0.3) is 109 Å². The fraction of sp³-hybridized carbons (Fsp3) is 0.0204. The second kappa shape index (κ2) is 14.7. The van der Waals surface area contributed by atoms with Gasteiger partial charge in [0, 0.05) is 42.4 Å². The lowest BCUT2D eigenvalue weighted by Crippen LogP contribution is -2.26. The molecule has 0 amide bonds. The molecule has 0 aliphatic heterocycles. The van der Waals surface area contributed by atoms with E-state index in [-0.39, 0.29) is 0 Å². The highest BCUT2D eigenvalue weighted by atomic mass is 15.1. The Balaban J connectivity index is 1.35. The number of hydrogen-bond acceptors (Lipinski definition) is 4. The average Bonchev–Trinajstić information content (AvgIpc) is 3.76. The van der Waals surface area contributed by atoms with Crippen molar-refractivity contribution in [1.29, 1.82) is 0 Å². The first-order valence-corrected chi connectivity index (χ1v) is 19.3. The molecule has 0 N–H and O–H groups in total. The molecule has 0 fully saturated rings. The summed E-state index contributed by atoms with van der Waals surface area (Å²) in [5, 5.41) is 16.2. The topological polar surface area (TPSA) is 195 Å². The molecule has 12 heteroatoms. The predicted molar refractivity (Wildman–Crippen MR) is 240 cm³/mol. The SMILES string of the molecule is [N-]=[N+]=Nc1ccccc1-c1ccc2c(c1)C1(c3cc(-c4ccccc4N=[N+]=[N-])ccc3-2)c2cc(-c3ccccc3N=[N+]=[N-])ccc2-c2ccc(-c3ccccc3N=[N+]=[N-])cc21. The van der Waals surface area contributed by atoms with Crippen molar-refractivity contribution in [2.75, 3.05) is 0 Å². The van der Waals surface area contributed by atoms with Gasteiger partial charge in [-0.15, -0.1) is 0 Å². The molecule has 61 heavy (non-hydrogen) atoms. The van der Waals surface area contributed by atoms with Gasteiger partial charge >= 0.3 is 0 Å². The van der Waals surface area contributed by atoms with E-state index < -0.39 is 5.41 Å². The van der Waals surface area contributed by atoms with Crippen LogP contribution in [0, 0.1) is 0 Å². The maximum Gasteiger partial charge on any atom is 0.0726 e. The maximum atomic E-state index is 9.55. The van der Waals surface area contributed by atoms with E-state index in [4.69, 9.17) is 0 Å². The zero-order valence-electron chi connectivity index (χ0n) is 32.0. The Morgan fingerprint density at radius 1 is 0.279 bits per heavy atom. The molecule has 8 aromatic carbocycles. The van der Waals surface area contributed by atoms with Crippen LogP contribution >= 0.6 is 0 Å². The smallest absolute Gasteiger partial charge is 0.0618 e. The fourth-order valence-electron chi connectivity index (χ4n) is 9.31. The number of azide groups is 4. The van der Waals surface area contributed by atoms with Gasteiger partial charge in [0.1, 0.15) is 0 Å². The van der Waals surface area contributed by atoms with Crippen molar-refractivity contribution < 1.29 is 0 Å². The van der Waals surface area contributed by atoms with Crippen LogP contribution in [0.2, 0.25) is 0 Å². The van der Waals surface area contributed by atoms with Crippen LogP contribution in [0.5, 0.6) is 0 Å². The summed E-state index contributed by atoms with van der Waals surface area (Å²) in [5.74, 6) is 0. The summed E-state index contributed by atoms with van der Waals surface area (Å²) in [5.41, 5.74) is 54.0. The molecule has 0 radical (unpaired) electrons. The number of rotatable bonds is 8. The maximum absolute atomic E-state index is 9.55. The molecule has 284 valence electrons. The minimum absolute atomic E-state index is 0.507. The third-order valence-electron chi connectivity index (χ3n) is 11.7. The molecule has 0 saturated heterocycles. The number of nitrogens with zero attached hydrogens (tertiary/aromatic N) is 12. The Morgan fingerprint density at radius 3 is 0.738 bits per heavy atom. The molecule has 1 spiro atoms. The number of fused-ring (bicyclic) bond motifs is 10. The summed E-state index contributed by atoms with van der Waals surface area (Å²) in [4.78, 5) is 12.6. The molecule has 0 atom stereocenters. The molecule has 0 saturated carbocycles. The van der Waals surface area contributed by atoms with Gasteiger partial charge in [-0.3, -0.25) is 0 Å². The van der Waals surface area contributed by atoms with Crippen LogP contribution in [-0.4, -0.2) is 0 Å². The lowest BCUT2D eigenvalue weighted by Gasteiger charge is -2.32. The van der Waals surface area contributed by atoms with Crippen molar-refractivity contribution in [3.63, 3.8) is 0 Å². The molecule has 2 aliphatic carbocycles. The standard InChI is InChI=1S/C49H28N12/c50-58-54-45-13-5-1-9-33(45)29-17-21-37-38-22-18-30(34-10-2-6-14-46(34)55-59-51)26-42(38)49(41(37)25-29)43-27-31(35-11-3-7-15-47(35)56-60-52)19-23-39(43)40-24-20-32(28-44(40)49)36-12-4-8-16-48(36)57-61-53/h1-28H. The molecule has 12 nitrogen and oxygen atoms in total. The molecular weight excluding hydrogens is 757 g/mol.